The van der Waals surface area contributed by atoms with Gasteiger partial charge in [0.25, 0.3) is 0 Å². The van der Waals surface area contributed by atoms with Crippen molar-refractivity contribution in [3.63, 3.8) is 0 Å². The standard InChI is InChI=1S/C28H27Cl2N5O4/c29-20-7-4-19(5-8-20)6-10-25(36)34-24(15-22-3-1-2-13-31-22)28(38)33-17-27(37)35-14-12-23(18-35)39-26-11-9-21(30)16-32-26/h1-11,13,16,23-24H,12,14-15,17-18H2,(H,33,38)(H,34,36)/t23-,24+/m1/s1. The van der Waals surface area contributed by atoms with Gasteiger partial charge in [0.2, 0.25) is 23.6 Å². The summed E-state index contributed by atoms with van der Waals surface area (Å²) < 4.78 is 5.83. The summed E-state index contributed by atoms with van der Waals surface area (Å²) in [5, 5.41) is 6.47. The molecule has 2 aromatic heterocycles. The molecule has 4 rings (SSSR count). The highest BCUT2D eigenvalue weighted by Crippen LogP contribution is 2.18. The van der Waals surface area contributed by atoms with Gasteiger partial charge in [-0.1, -0.05) is 41.4 Å². The second kappa shape index (κ2) is 13.7. The highest BCUT2D eigenvalue weighted by molar-refractivity contribution is 6.30. The van der Waals surface area contributed by atoms with E-state index in [9.17, 15) is 14.4 Å². The molecule has 1 aliphatic heterocycles. The van der Waals surface area contributed by atoms with Crippen molar-refractivity contribution in [3.05, 3.63) is 94.4 Å². The highest BCUT2D eigenvalue weighted by Gasteiger charge is 2.29. The van der Waals surface area contributed by atoms with Crippen LogP contribution in [0.5, 0.6) is 5.88 Å². The minimum absolute atomic E-state index is 0.162. The number of hydrogen-bond donors (Lipinski definition) is 2. The van der Waals surface area contributed by atoms with Gasteiger partial charge in [-0.3, -0.25) is 19.4 Å². The number of rotatable bonds is 10. The van der Waals surface area contributed by atoms with Gasteiger partial charge in [-0.15, -0.1) is 0 Å². The van der Waals surface area contributed by atoms with E-state index in [4.69, 9.17) is 27.9 Å². The Morgan fingerprint density at radius 2 is 1.85 bits per heavy atom. The van der Waals surface area contributed by atoms with Crippen molar-refractivity contribution in [3.8, 4) is 5.88 Å². The zero-order chi connectivity index (χ0) is 27.6. The number of nitrogens with one attached hydrogen (secondary N) is 2. The number of carbonyl (C=O) groups excluding carboxylic acids is 3. The molecule has 0 aliphatic carbocycles. The molecular weight excluding hydrogens is 541 g/mol. The first-order chi connectivity index (χ1) is 18.9. The van der Waals surface area contributed by atoms with Crippen LogP contribution in [0.4, 0.5) is 0 Å². The normalized spacial score (nSPS) is 15.6. The molecule has 202 valence electrons. The van der Waals surface area contributed by atoms with Crippen molar-refractivity contribution in [1.82, 2.24) is 25.5 Å². The molecule has 39 heavy (non-hydrogen) atoms. The minimum Gasteiger partial charge on any atom is -0.472 e. The number of benzene rings is 1. The number of likely N-dealkylation sites (tertiary alicyclic amines) is 1. The van der Waals surface area contributed by atoms with Gasteiger partial charge in [-0.2, -0.15) is 0 Å². The first-order valence-corrected chi connectivity index (χ1v) is 13.1. The van der Waals surface area contributed by atoms with Gasteiger partial charge >= 0.3 is 0 Å². The lowest BCUT2D eigenvalue weighted by Crippen LogP contribution is -2.50. The molecule has 0 spiro atoms. The predicted octanol–water partition coefficient (Wildman–Crippen LogP) is 3.32. The van der Waals surface area contributed by atoms with Crippen LogP contribution in [0.25, 0.3) is 6.08 Å². The molecular formula is C28H27Cl2N5O4. The van der Waals surface area contributed by atoms with Gasteiger partial charge in [0, 0.05) is 54.6 Å². The molecule has 0 saturated carbocycles. The van der Waals surface area contributed by atoms with E-state index < -0.39 is 17.9 Å². The smallest absolute Gasteiger partial charge is 0.244 e. The lowest BCUT2D eigenvalue weighted by atomic mass is 10.1. The Kier molecular flexibility index (Phi) is 9.88. The highest BCUT2D eigenvalue weighted by atomic mass is 35.5. The van der Waals surface area contributed by atoms with Crippen LogP contribution >= 0.6 is 23.2 Å². The SMILES string of the molecule is O=C(C=Cc1ccc(Cl)cc1)N[C@@H](Cc1ccccn1)C(=O)NCC(=O)N1CC[C@@H](Oc2ccc(Cl)cn2)C1. The number of pyridine rings is 2. The number of hydrogen-bond acceptors (Lipinski definition) is 6. The molecule has 3 aromatic rings. The van der Waals surface area contributed by atoms with E-state index in [0.717, 1.165) is 5.56 Å². The molecule has 1 saturated heterocycles. The zero-order valence-electron chi connectivity index (χ0n) is 20.9. The van der Waals surface area contributed by atoms with Crippen LogP contribution in [-0.2, 0) is 20.8 Å². The summed E-state index contributed by atoms with van der Waals surface area (Å²) in [4.78, 5) is 48.4. The van der Waals surface area contributed by atoms with Crippen molar-refractivity contribution in [1.29, 1.82) is 0 Å². The zero-order valence-corrected chi connectivity index (χ0v) is 22.4. The van der Waals surface area contributed by atoms with Crippen molar-refractivity contribution >= 4 is 47.0 Å². The van der Waals surface area contributed by atoms with Crippen LogP contribution in [0.1, 0.15) is 17.7 Å². The molecule has 0 unspecified atom stereocenters. The molecule has 1 aliphatic rings. The Morgan fingerprint density at radius 1 is 1.05 bits per heavy atom. The Balaban J connectivity index is 1.31. The molecule has 2 N–H and O–H groups in total. The molecule has 2 atom stereocenters. The van der Waals surface area contributed by atoms with Gasteiger partial charge in [-0.25, -0.2) is 4.98 Å². The van der Waals surface area contributed by atoms with Gasteiger partial charge in [-0.05, 0) is 42.0 Å². The Hall–Kier alpha value is -3.95. The second-order valence-corrected chi connectivity index (χ2v) is 9.74. The Labute approximate surface area is 236 Å². The van der Waals surface area contributed by atoms with E-state index in [0.29, 0.717) is 41.1 Å². The van der Waals surface area contributed by atoms with Crippen LogP contribution < -0.4 is 15.4 Å². The fourth-order valence-electron chi connectivity index (χ4n) is 3.95. The monoisotopic (exact) mass is 567 g/mol. The summed E-state index contributed by atoms with van der Waals surface area (Å²) in [5.74, 6) is -0.753. The van der Waals surface area contributed by atoms with Gasteiger partial charge in [0.1, 0.15) is 12.1 Å². The number of carbonyl (C=O) groups is 3. The lowest BCUT2D eigenvalue weighted by molar-refractivity contribution is -0.133. The molecule has 1 fully saturated rings. The number of aromatic nitrogens is 2. The molecule has 1 aromatic carbocycles. The van der Waals surface area contributed by atoms with E-state index in [1.54, 1.807) is 71.8 Å². The van der Waals surface area contributed by atoms with Crippen LogP contribution in [0.3, 0.4) is 0 Å². The fourth-order valence-corrected chi connectivity index (χ4v) is 4.19. The van der Waals surface area contributed by atoms with Crippen LogP contribution in [0, 0.1) is 0 Å². The summed E-state index contributed by atoms with van der Waals surface area (Å²) in [5.41, 5.74) is 1.41. The van der Waals surface area contributed by atoms with Crippen LogP contribution in [0.15, 0.2) is 73.1 Å². The minimum atomic E-state index is -0.930. The van der Waals surface area contributed by atoms with Gasteiger partial charge in [0.15, 0.2) is 0 Å². The average molecular weight is 568 g/mol. The number of ether oxygens (including phenoxy) is 1. The first kappa shape index (κ1) is 28.1. The largest absolute Gasteiger partial charge is 0.472 e. The third-order valence-corrected chi connectivity index (χ3v) is 6.44. The summed E-state index contributed by atoms with van der Waals surface area (Å²) in [6, 6.07) is 14.7. The van der Waals surface area contributed by atoms with Gasteiger partial charge in [0.05, 0.1) is 18.1 Å². The quantitative estimate of drug-likeness (QED) is 0.363. The molecule has 3 heterocycles. The van der Waals surface area contributed by atoms with Crippen molar-refractivity contribution in [2.75, 3.05) is 19.6 Å². The number of nitrogens with zero attached hydrogens (tertiary/aromatic N) is 3. The van der Waals surface area contributed by atoms with Crippen molar-refractivity contribution < 1.29 is 19.1 Å². The summed E-state index contributed by atoms with van der Waals surface area (Å²) in [6.07, 6.45) is 6.67. The third-order valence-electron chi connectivity index (χ3n) is 5.97. The Bertz CT molecular complexity index is 1300. The Morgan fingerprint density at radius 3 is 2.56 bits per heavy atom. The molecule has 0 radical (unpaired) electrons. The maximum absolute atomic E-state index is 13.0. The molecule has 11 heteroatoms. The number of amides is 3. The van der Waals surface area contributed by atoms with Crippen molar-refractivity contribution in [2.45, 2.75) is 25.0 Å². The molecule has 3 amide bonds. The number of halogens is 2. The van der Waals surface area contributed by atoms with Crippen molar-refractivity contribution in [2.24, 2.45) is 0 Å². The second-order valence-electron chi connectivity index (χ2n) is 8.87. The summed E-state index contributed by atoms with van der Waals surface area (Å²) >= 11 is 11.8. The van der Waals surface area contributed by atoms with E-state index in [2.05, 4.69) is 20.6 Å². The molecule has 9 nitrogen and oxygen atoms in total. The van der Waals surface area contributed by atoms with E-state index in [1.165, 1.54) is 12.3 Å². The van der Waals surface area contributed by atoms with E-state index in [1.807, 2.05) is 0 Å². The summed E-state index contributed by atoms with van der Waals surface area (Å²) in [6.45, 7) is 0.666. The summed E-state index contributed by atoms with van der Waals surface area (Å²) in [7, 11) is 0. The third kappa shape index (κ3) is 8.80. The average Bonchev–Trinajstić information content (AvgIpc) is 3.41. The van der Waals surface area contributed by atoms with Crippen LogP contribution in [-0.4, -0.2) is 64.4 Å². The fraction of sp³-hybridized carbons (Fsp3) is 0.250. The topological polar surface area (TPSA) is 114 Å². The first-order valence-electron chi connectivity index (χ1n) is 12.3. The molecule has 0 bridgehead atoms. The maximum Gasteiger partial charge on any atom is 0.244 e. The predicted molar refractivity (Wildman–Crippen MR) is 148 cm³/mol. The van der Waals surface area contributed by atoms with E-state index >= 15 is 0 Å². The van der Waals surface area contributed by atoms with Gasteiger partial charge < -0.3 is 20.3 Å². The van der Waals surface area contributed by atoms with Crippen LogP contribution in [0.2, 0.25) is 10.0 Å². The maximum atomic E-state index is 13.0. The van der Waals surface area contributed by atoms with E-state index in [-0.39, 0.29) is 25.0 Å². The lowest BCUT2D eigenvalue weighted by Gasteiger charge is -2.20.